The minimum Gasteiger partial charge on any atom is -0.335 e. The minimum absolute atomic E-state index is 0.135. The number of hydrogen-bond acceptors (Lipinski definition) is 1. The van der Waals surface area contributed by atoms with Gasteiger partial charge in [0, 0.05) is 17.1 Å². The quantitative estimate of drug-likeness (QED) is 0.720. The van der Waals surface area contributed by atoms with E-state index in [0.29, 0.717) is 22.4 Å². The van der Waals surface area contributed by atoms with Crippen LogP contribution in [-0.2, 0) is 0 Å². The molecule has 3 atom stereocenters. The van der Waals surface area contributed by atoms with Crippen LogP contribution < -0.4 is 0 Å². The Hall–Kier alpha value is -0.900. The average molecular weight is 354 g/mol. The summed E-state index contributed by atoms with van der Waals surface area (Å²) < 4.78 is 14.7. The van der Waals surface area contributed by atoms with Crippen molar-refractivity contribution in [1.82, 2.24) is 4.90 Å². The predicted molar refractivity (Wildman–Crippen MR) is 84.7 cm³/mol. The number of fused-ring (bicyclic) bond motifs is 1. The van der Waals surface area contributed by atoms with Crippen molar-refractivity contribution in [3.63, 3.8) is 0 Å². The standard InChI is InChI=1S/C17H21BrFNO/c1-11-8-9-20(16-5-3-2-4-13(11)16)17(21)14-7-6-12(18)10-15(14)19/h6-7,10-11,13,16H,2-5,8-9H2,1H3/t11-,13-,16-/m1/s1. The van der Waals surface area contributed by atoms with E-state index in [0.717, 1.165) is 19.4 Å². The Morgan fingerprint density at radius 2 is 2.05 bits per heavy atom. The number of amides is 1. The summed E-state index contributed by atoms with van der Waals surface area (Å²) >= 11 is 3.24. The van der Waals surface area contributed by atoms with Gasteiger partial charge in [0.2, 0.25) is 0 Å². The average Bonchev–Trinajstić information content (AvgIpc) is 2.47. The predicted octanol–water partition coefficient (Wildman–Crippen LogP) is 4.63. The lowest BCUT2D eigenvalue weighted by molar-refractivity contribution is 0.0214. The number of likely N-dealkylation sites (tertiary alicyclic amines) is 1. The maximum Gasteiger partial charge on any atom is 0.257 e. The molecule has 21 heavy (non-hydrogen) atoms. The molecule has 114 valence electrons. The van der Waals surface area contributed by atoms with Gasteiger partial charge in [-0.2, -0.15) is 0 Å². The Morgan fingerprint density at radius 1 is 1.29 bits per heavy atom. The highest BCUT2D eigenvalue weighted by Crippen LogP contribution is 2.39. The van der Waals surface area contributed by atoms with Crippen LogP contribution in [0.25, 0.3) is 0 Å². The number of hydrogen-bond donors (Lipinski definition) is 0. The summed E-state index contributed by atoms with van der Waals surface area (Å²) in [7, 11) is 0. The molecule has 1 amide bonds. The van der Waals surface area contributed by atoms with Gasteiger partial charge in [-0.15, -0.1) is 0 Å². The van der Waals surface area contributed by atoms with E-state index in [1.165, 1.54) is 25.3 Å². The molecule has 0 spiro atoms. The van der Waals surface area contributed by atoms with Crippen LogP contribution in [-0.4, -0.2) is 23.4 Å². The molecule has 0 N–H and O–H groups in total. The highest BCUT2D eigenvalue weighted by molar-refractivity contribution is 9.10. The van der Waals surface area contributed by atoms with E-state index in [2.05, 4.69) is 22.9 Å². The van der Waals surface area contributed by atoms with Crippen molar-refractivity contribution >= 4 is 21.8 Å². The zero-order valence-corrected chi connectivity index (χ0v) is 13.9. The Kier molecular flexibility index (Phi) is 4.34. The summed E-state index contributed by atoms with van der Waals surface area (Å²) in [6.07, 6.45) is 5.75. The maximum absolute atomic E-state index is 14.1. The third-order valence-electron chi connectivity index (χ3n) is 5.16. The molecule has 2 fully saturated rings. The largest absolute Gasteiger partial charge is 0.335 e. The van der Waals surface area contributed by atoms with Crippen LogP contribution in [0.3, 0.4) is 0 Å². The second-order valence-corrected chi connectivity index (χ2v) is 7.32. The van der Waals surface area contributed by atoms with E-state index < -0.39 is 5.82 Å². The Bertz CT molecular complexity index is 548. The van der Waals surface area contributed by atoms with Crippen molar-refractivity contribution in [2.24, 2.45) is 11.8 Å². The highest BCUT2D eigenvalue weighted by Gasteiger charge is 2.39. The smallest absolute Gasteiger partial charge is 0.257 e. The molecule has 2 nitrogen and oxygen atoms in total. The second-order valence-electron chi connectivity index (χ2n) is 6.40. The molecule has 0 radical (unpaired) electrons. The fraction of sp³-hybridized carbons (Fsp3) is 0.588. The van der Waals surface area contributed by atoms with E-state index in [4.69, 9.17) is 0 Å². The lowest BCUT2D eigenvalue weighted by atomic mass is 9.72. The van der Waals surface area contributed by atoms with Crippen molar-refractivity contribution in [3.8, 4) is 0 Å². The molecule has 0 bridgehead atoms. The number of carbonyl (C=O) groups is 1. The number of nitrogens with zero attached hydrogens (tertiary/aromatic N) is 1. The van der Waals surface area contributed by atoms with E-state index in [1.54, 1.807) is 12.1 Å². The van der Waals surface area contributed by atoms with Crippen LogP contribution in [0.4, 0.5) is 4.39 Å². The maximum atomic E-state index is 14.1. The summed E-state index contributed by atoms with van der Waals surface area (Å²) in [5.41, 5.74) is 0.206. The summed E-state index contributed by atoms with van der Waals surface area (Å²) in [6, 6.07) is 5.01. The van der Waals surface area contributed by atoms with Crippen molar-refractivity contribution in [2.45, 2.75) is 45.1 Å². The highest BCUT2D eigenvalue weighted by atomic mass is 79.9. The first kappa shape index (κ1) is 15.0. The van der Waals surface area contributed by atoms with Crippen LogP contribution in [0.2, 0.25) is 0 Å². The molecule has 4 heteroatoms. The number of rotatable bonds is 1. The van der Waals surface area contributed by atoms with Crippen molar-refractivity contribution < 1.29 is 9.18 Å². The number of piperidine rings is 1. The molecule has 1 aromatic carbocycles. The number of benzene rings is 1. The summed E-state index contributed by atoms with van der Waals surface area (Å²) in [5, 5.41) is 0. The van der Waals surface area contributed by atoms with Gasteiger partial charge in [-0.25, -0.2) is 4.39 Å². The Morgan fingerprint density at radius 3 is 2.81 bits per heavy atom. The molecule has 1 saturated heterocycles. The fourth-order valence-corrected chi connectivity index (χ4v) is 4.32. The Labute approximate surface area is 133 Å². The van der Waals surface area contributed by atoms with Crippen LogP contribution in [0.1, 0.15) is 49.4 Å². The van der Waals surface area contributed by atoms with Crippen LogP contribution in [0.15, 0.2) is 22.7 Å². The summed E-state index contributed by atoms with van der Waals surface area (Å²) in [4.78, 5) is 14.7. The van der Waals surface area contributed by atoms with Crippen LogP contribution >= 0.6 is 15.9 Å². The van der Waals surface area contributed by atoms with Crippen LogP contribution in [0.5, 0.6) is 0 Å². The lowest BCUT2D eigenvalue weighted by Crippen LogP contribution is -2.52. The van der Waals surface area contributed by atoms with E-state index in [1.807, 2.05) is 4.90 Å². The minimum atomic E-state index is -0.430. The molecule has 3 rings (SSSR count). The van der Waals surface area contributed by atoms with Gasteiger partial charge in [-0.05, 0) is 49.3 Å². The van der Waals surface area contributed by atoms with Gasteiger partial charge < -0.3 is 4.90 Å². The zero-order valence-electron chi connectivity index (χ0n) is 12.3. The van der Waals surface area contributed by atoms with Gasteiger partial charge in [0.25, 0.3) is 5.91 Å². The van der Waals surface area contributed by atoms with Gasteiger partial charge in [0.05, 0.1) is 5.56 Å². The monoisotopic (exact) mass is 353 g/mol. The first-order valence-electron chi connectivity index (χ1n) is 7.84. The molecule has 2 aliphatic rings. The SMILES string of the molecule is C[C@@H]1CCN(C(=O)c2ccc(Br)cc2F)[C@@H]2CCCC[C@H]12. The van der Waals surface area contributed by atoms with E-state index in [-0.39, 0.29) is 11.5 Å². The topological polar surface area (TPSA) is 20.3 Å². The van der Waals surface area contributed by atoms with Crippen molar-refractivity contribution in [3.05, 3.63) is 34.1 Å². The Balaban J connectivity index is 1.86. The molecule has 1 aromatic rings. The number of carbonyl (C=O) groups excluding carboxylic acids is 1. The van der Waals surface area contributed by atoms with Crippen molar-refractivity contribution in [2.75, 3.05) is 6.54 Å². The molecular weight excluding hydrogens is 333 g/mol. The van der Waals surface area contributed by atoms with Gasteiger partial charge in [0.15, 0.2) is 0 Å². The van der Waals surface area contributed by atoms with E-state index >= 15 is 0 Å². The van der Waals surface area contributed by atoms with Crippen molar-refractivity contribution in [1.29, 1.82) is 0 Å². The third kappa shape index (κ3) is 2.87. The zero-order chi connectivity index (χ0) is 15.0. The molecule has 1 aliphatic heterocycles. The molecule has 1 heterocycles. The molecule has 1 aliphatic carbocycles. The molecule has 1 saturated carbocycles. The third-order valence-corrected chi connectivity index (χ3v) is 5.65. The van der Waals surface area contributed by atoms with Gasteiger partial charge in [-0.1, -0.05) is 35.7 Å². The summed E-state index contributed by atoms with van der Waals surface area (Å²) in [6.45, 7) is 3.06. The first-order valence-corrected chi connectivity index (χ1v) is 8.63. The van der Waals surface area contributed by atoms with Gasteiger partial charge >= 0.3 is 0 Å². The fourth-order valence-electron chi connectivity index (χ4n) is 3.98. The van der Waals surface area contributed by atoms with Crippen LogP contribution in [0, 0.1) is 17.7 Å². The van der Waals surface area contributed by atoms with Gasteiger partial charge in [0.1, 0.15) is 5.82 Å². The molecule has 0 aromatic heterocycles. The number of halogens is 2. The summed E-state index contributed by atoms with van der Waals surface area (Å²) in [5.74, 6) is 0.702. The molecular formula is C17H21BrFNO. The van der Waals surface area contributed by atoms with E-state index in [9.17, 15) is 9.18 Å². The lowest BCUT2D eigenvalue weighted by Gasteiger charge is -2.47. The first-order chi connectivity index (χ1) is 10.1. The second kappa shape index (κ2) is 6.07. The normalized spacial score (nSPS) is 29.1. The van der Waals surface area contributed by atoms with Gasteiger partial charge in [-0.3, -0.25) is 4.79 Å². The molecule has 0 unspecified atom stereocenters.